The van der Waals surface area contributed by atoms with Crippen LogP contribution in [0.4, 0.5) is 0 Å². The molecule has 0 spiro atoms. The van der Waals surface area contributed by atoms with Gasteiger partial charge in [0.15, 0.2) is 0 Å². The molecule has 3 heterocycles. The zero-order chi connectivity index (χ0) is 17.4. The first-order chi connectivity index (χ1) is 12.1. The molecule has 1 aromatic carbocycles. The number of amides is 1. The minimum Gasteiger partial charge on any atom is -0.296 e. The Kier molecular flexibility index (Phi) is 3.93. The maximum Gasteiger partial charge on any atom is 0.271 e. The van der Waals surface area contributed by atoms with E-state index in [9.17, 15) is 9.59 Å². The van der Waals surface area contributed by atoms with Crippen LogP contribution in [0.2, 0.25) is 0 Å². The third-order valence-electron chi connectivity index (χ3n) is 4.20. The van der Waals surface area contributed by atoms with Crippen molar-refractivity contribution >= 4 is 34.4 Å². The molecule has 1 amide bonds. The summed E-state index contributed by atoms with van der Waals surface area (Å²) in [5, 5.41) is 4.53. The average Bonchev–Trinajstić information content (AvgIpc) is 3.23. The van der Waals surface area contributed by atoms with Gasteiger partial charge >= 0.3 is 0 Å². The Hall–Kier alpha value is -2.80. The van der Waals surface area contributed by atoms with Gasteiger partial charge in [-0.3, -0.25) is 14.2 Å². The SMILES string of the molecule is Cc1ccc(/C=N\NC(=O)c2ccc3c(=O)n4c(nc3c2)CCC4)s1. The minimum absolute atomic E-state index is 0.0319. The molecule has 1 aliphatic rings. The summed E-state index contributed by atoms with van der Waals surface area (Å²) >= 11 is 1.60. The molecule has 25 heavy (non-hydrogen) atoms. The highest BCUT2D eigenvalue weighted by Gasteiger charge is 2.17. The van der Waals surface area contributed by atoms with E-state index in [1.165, 1.54) is 4.88 Å². The quantitative estimate of drug-likeness (QED) is 0.581. The Bertz CT molecular complexity index is 1060. The van der Waals surface area contributed by atoms with Crippen molar-refractivity contribution in [3.63, 3.8) is 0 Å². The standard InChI is InChI=1S/C18H16N4O2S/c1-11-4-6-13(25-11)10-19-21-17(23)12-5-7-14-15(9-12)20-16-3-2-8-22(16)18(14)24/h4-7,9-10H,2-3,8H2,1H3,(H,21,23)/b19-10-. The molecule has 0 saturated carbocycles. The van der Waals surface area contributed by atoms with E-state index in [1.807, 2.05) is 19.1 Å². The molecular weight excluding hydrogens is 336 g/mol. The molecule has 0 aliphatic carbocycles. The van der Waals surface area contributed by atoms with Crippen molar-refractivity contribution in [1.29, 1.82) is 0 Å². The van der Waals surface area contributed by atoms with Crippen molar-refractivity contribution in [3.05, 3.63) is 61.8 Å². The number of hydrogen-bond donors (Lipinski definition) is 1. The normalized spacial score (nSPS) is 13.5. The van der Waals surface area contributed by atoms with Gasteiger partial charge < -0.3 is 0 Å². The van der Waals surface area contributed by atoms with E-state index in [0.717, 1.165) is 30.1 Å². The molecule has 0 bridgehead atoms. The van der Waals surface area contributed by atoms with Gasteiger partial charge in [-0.15, -0.1) is 11.3 Å². The summed E-state index contributed by atoms with van der Waals surface area (Å²) in [5.74, 6) is 0.468. The van der Waals surface area contributed by atoms with Crippen LogP contribution in [-0.2, 0) is 13.0 Å². The Labute approximate surface area is 147 Å². The summed E-state index contributed by atoms with van der Waals surface area (Å²) in [6.07, 6.45) is 3.35. The first-order valence-electron chi connectivity index (χ1n) is 8.05. The summed E-state index contributed by atoms with van der Waals surface area (Å²) in [5.41, 5.74) is 3.47. The summed E-state index contributed by atoms with van der Waals surface area (Å²) in [7, 11) is 0. The van der Waals surface area contributed by atoms with Crippen molar-refractivity contribution in [2.45, 2.75) is 26.3 Å². The van der Waals surface area contributed by atoms with Crippen LogP contribution in [0.3, 0.4) is 0 Å². The third-order valence-corrected chi connectivity index (χ3v) is 5.13. The van der Waals surface area contributed by atoms with Crippen LogP contribution in [-0.4, -0.2) is 21.7 Å². The fraction of sp³-hybridized carbons (Fsp3) is 0.222. The molecule has 3 aromatic rings. The molecular formula is C18H16N4O2S. The smallest absolute Gasteiger partial charge is 0.271 e. The van der Waals surface area contributed by atoms with Gasteiger partial charge in [0.2, 0.25) is 0 Å². The van der Waals surface area contributed by atoms with Gasteiger partial charge in [-0.2, -0.15) is 5.10 Å². The lowest BCUT2D eigenvalue weighted by atomic mass is 10.1. The lowest BCUT2D eigenvalue weighted by molar-refractivity contribution is 0.0955. The van der Waals surface area contributed by atoms with Crippen molar-refractivity contribution in [2.75, 3.05) is 0 Å². The van der Waals surface area contributed by atoms with Gasteiger partial charge in [-0.25, -0.2) is 10.4 Å². The maximum absolute atomic E-state index is 12.4. The van der Waals surface area contributed by atoms with E-state index < -0.39 is 0 Å². The number of hydrogen-bond acceptors (Lipinski definition) is 5. The number of nitrogens with one attached hydrogen (secondary N) is 1. The number of hydrazone groups is 1. The number of carbonyl (C=O) groups excluding carboxylic acids is 1. The monoisotopic (exact) mass is 352 g/mol. The topological polar surface area (TPSA) is 76.3 Å². The Morgan fingerprint density at radius 2 is 2.24 bits per heavy atom. The summed E-state index contributed by atoms with van der Waals surface area (Å²) in [6.45, 7) is 2.73. The lowest BCUT2D eigenvalue weighted by Gasteiger charge is -2.06. The zero-order valence-electron chi connectivity index (χ0n) is 13.7. The summed E-state index contributed by atoms with van der Waals surface area (Å²) in [6, 6.07) is 8.89. The number of carbonyl (C=O) groups is 1. The third kappa shape index (κ3) is 2.98. The highest BCUT2D eigenvalue weighted by molar-refractivity contribution is 7.13. The van der Waals surface area contributed by atoms with Crippen LogP contribution in [0.5, 0.6) is 0 Å². The molecule has 1 aliphatic heterocycles. The zero-order valence-corrected chi connectivity index (χ0v) is 14.5. The van der Waals surface area contributed by atoms with Crippen LogP contribution < -0.4 is 11.0 Å². The molecule has 2 aromatic heterocycles. The number of aryl methyl sites for hydroxylation is 2. The highest BCUT2D eigenvalue weighted by Crippen LogP contribution is 2.16. The second-order valence-electron chi connectivity index (χ2n) is 5.97. The van der Waals surface area contributed by atoms with Gasteiger partial charge in [-0.1, -0.05) is 0 Å². The van der Waals surface area contributed by atoms with E-state index in [2.05, 4.69) is 15.5 Å². The molecule has 126 valence electrons. The van der Waals surface area contributed by atoms with Crippen LogP contribution in [0, 0.1) is 6.92 Å². The number of fused-ring (bicyclic) bond motifs is 2. The molecule has 1 N–H and O–H groups in total. The number of nitrogens with zero attached hydrogens (tertiary/aromatic N) is 3. The van der Waals surface area contributed by atoms with Crippen LogP contribution in [0.15, 0.2) is 40.2 Å². The molecule has 4 rings (SSSR count). The number of rotatable bonds is 3. The second-order valence-corrected chi connectivity index (χ2v) is 7.29. The lowest BCUT2D eigenvalue weighted by Crippen LogP contribution is -2.22. The van der Waals surface area contributed by atoms with Crippen molar-refractivity contribution in [3.8, 4) is 0 Å². The first kappa shape index (κ1) is 15.7. The Balaban J connectivity index is 1.59. The number of thiophene rings is 1. The molecule has 0 atom stereocenters. The number of aromatic nitrogens is 2. The summed E-state index contributed by atoms with van der Waals surface area (Å²) in [4.78, 5) is 31.4. The van der Waals surface area contributed by atoms with E-state index >= 15 is 0 Å². The Morgan fingerprint density at radius 3 is 3.04 bits per heavy atom. The van der Waals surface area contributed by atoms with E-state index in [0.29, 0.717) is 16.5 Å². The van der Waals surface area contributed by atoms with Gasteiger partial charge in [0.25, 0.3) is 11.5 Å². The summed E-state index contributed by atoms with van der Waals surface area (Å²) < 4.78 is 1.72. The van der Waals surface area contributed by atoms with Crippen LogP contribution >= 0.6 is 11.3 Å². The predicted octanol–water partition coefficient (Wildman–Crippen LogP) is 2.48. The molecule has 6 nitrogen and oxygen atoms in total. The van der Waals surface area contributed by atoms with E-state index in [4.69, 9.17) is 0 Å². The van der Waals surface area contributed by atoms with Crippen molar-refractivity contribution in [1.82, 2.24) is 15.0 Å². The predicted molar refractivity (Wildman–Crippen MR) is 98.4 cm³/mol. The maximum atomic E-state index is 12.4. The molecule has 0 unspecified atom stereocenters. The van der Waals surface area contributed by atoms with Crippen LogP contribution in [0.25, 0.3) is 10.9 Å². The van der Waals surface area contributed by atoms with E-state index in [-0.39, 0.29) is 11.5 Å². The van der Waals surface area contributed by atoms with Crippen LogP contribution in [0.1, 0.15) is 32.4 Å². The van der Waals surface area contributed by atoms with Gasteiger partial charge in [0.1, 0.15) is 5.82 Å². The Morgan fingerprint density at radius 1 is 1.36 bits per heavy atom. The fourth-order valence-electron chi connectivity index (χ4n) is 2.97. The molecule has 0 radical (unpaired) electrons. The molecule has 0 saturated heterocycles. The largest absolute Gasteiger partial charge is 0.296 e. The number of benzene rings is 1. The van der Waals surface area contributed by atoms with Crippen molar-refractivity contribution < 1.29 is 4.79 Å². The molecule has 0 fully saturated rings. The van der Waals surface area contributed by atoms with Gasteiger partial charge in [0, 0.05) is 28.3 Å². The van der Waals surface area contributed by atoms with E-state index in [1.54, 1.807) is 40.3 Å². The molecule has 7 heteroatoms. The fourth-order valence-corrected chi connectivity index (χ4v) is 3.72. The van der Waals surface area contributed by atoms with Gasteiger partial charge in [0.05, 0.1) is 17.1 Å². The highest BCUT2D eigenvalue weighted by atomic mass is 32.1. The van der Waals surface area contributed by atoms with Gasteiger partial charge in [-0.05, 0) is 43.7 Å². The first-order valence-corrected chi connectivity index (χ1v) is 8.87. The second kappa shape index (κ2) is 6.25. The minimum atomic E-state index is -0.325. The average molecular weight is 352 g/mol. The van der Waals surface area contributed by atoms with Crippen molar-refractivity contribution in [2.24, 2.45) is 5.10 Å².